The maximum atomic E-state index is 13.0. The molecule has 0 bridgehead atoms. The van der Waals surface area contributed by atoms with Gasteiger partial charge in [0.25, 0.3) is 0 Å². The van der Waals surface area contributed by atoms with Crippen molar-refractivity contribution >= 4 is 5.78 Å². The van der Waals surface area contributed by atoms with Gasteiger partial charge in [-0.3, -0.25) is 4.79 Å². The summed E-state index contributed by atoms with van der Waals surface area (Å²) in [5.41, 5.74) is 5.00. The number of para-hydroxylation sites is 1. The Morgan fingerprint density at radius 1 is 0.808 bits per heavy atom. The highest BCUT2D eigenvalue weighted by molar-refractivity contribution is 6.08. The highest BCUT2D eigenvalue weighted by atomic mass is 16.1. The van der Waals surface area contributed by atoms with Crippen LogP contribution < -0.4 is 0 Å². The fourth-order valence-electron chi connectivity index (χ4n) is 3.01. The van der Waals surface area contributed by atoms with Crippen LogP contribution in [0.2, 0.25) is 0 Å². The normalized spacial score (nSPS) is 10.7. The predicted octanol–water partition coefficient (Wildman–Crippen LogP) is 5.08. The summed E-state index contributed by atoms with van der Waals surface area (Å²) in [4.78, 5) is 13.0. The van der Waals surface area contributed by atoms with E-state index in [1.807, 2.05) is 103 Å². The molecule has 0 unspecified atom stereocenters. The third kappa shape index (κ3) is 3.07. The van der Waals surface area contributed by atoms with Crippen molar-refractivity contribution in [2.45, 2.75) is 6.92 Å². The second-order valence-corrected chi connectivity index (χ2v) is 6.23. The van der Waals surface area contributed by atoms with Crippen molar-refractivity contribution in [2.75, 3.05) is 0 Å². The van der Waals surface area contributed by atoms with E-state index in [2.05, 4.69) is 5.10 Å². The van der Waals surface area contributed by atoms with Gasteiger partial charge in [-0.1, -0.05) is 72.3 Å². The summed E-state index contributed by atoms with van der Waals surface area (Å²) in [6.07, 6.45) is 0. The van der Waals surface area contributed by atoms with Crippen molar-refractivity contribution in [3.8, 4) is 16.9 Å². The largest absolute Gasteiger partial charge is 0.287 e. The predicted molar refractivity (Wildman–Crippen MR) is 104 cm³/mol. The number of carbonyl (C=O) groups excluding carboxylic acids is 1. The van der Waals surface area contributed by atoms with Crippen LogP contribution in [0.1, 0.15) is 21.6 Å². The maximum Gasteiger partial charge on any atom is 0.213 e. The number of aromatic nitrogens is 2. The molecule has 3 heteroatoms. The highest BCUT2D eigenvalue weighted by Crippen LogP contribution is 2.25. The van der Waals surface area contributed by atoms with Crippen molar-refractivity contribution in [1.82, 2.24) is 9.78 Å². The Labute approximate surface area is 152 Å². The molecular weight excluding hydrogens is 320 g/mol. The molecule has 0 fully saturated rings. The summed E-state index contributed by atoms with van der Waals surface area (Å²) in [6.45, 7) is 1.98. The first-order valence-corrected chi connectivity index (χ1v) is 8.55. The molecule has 0 amide bonds. The number of aryl methyl sites for hydroxylation is 1. The van der Waals surface area contributed by atoms with Gasteiger partial charge < -0.3 is 0 Å². The second kappa shape index (κ2) is 6.81. The van der Waals surface area contributed by atoms with E-state index in [0.29, 0.717) is 11.3 Å². The maximum absolute atomic E-state index is 13.0. The highest BCUT2D eigenvalue weighted by Gasteiger charge is 2.18. The second-order valence-electron chi connectivity index (χ2n) is 6.23. The molecule has 0 radical (unpaired) electrons. The molecule has 4 rings (SSSR count). The molecule has 4 aromatic rings. The topological polar surface area (TPSA) is 34.9 Å². The average Bonchev–Trinajstić information content (AvgIpc) is 3.14. The standard InChI is InChI=1S/C23H18N2O/c1-17-9-8-12-19(15-17)23(26)21-16-22(18-10-4-2-5-11-18)25(24-21)20-13-6-3-7-14-20/h2-16H,1H3. The lowest BCUT2D eigenvalue weighted by Crippen LogP contribution is -2.04. The van der Waals surface area contributed by atoms with Gasteiger partial charge in [0.05, 0.1) is 11.4 Å². The van der Waals surface area contributed by atoms with Gasteiger partial charge in [0, 0.05) is 11.1 Å². The minimum absolute atomic E-state index is 0.0689. The van der Waals surface area contributed by atoms with Crippen LogP contribution in [-0.2, 0) is 0 Å². The number of benzene rings is 3. The third-order valence-corrected chi connectivity index (χ3v) is 4.29. The monoisotopic (exact) mass is 338 g/mol. The van der Waals surface area contributed by atoms with Crippen molar-refractivity contribution in [3.05, 3.63) is 108 Å². The van der Waals surface area contributed by atoms with E-state index in [4.69, 9.17) is 0 Å². The Bertz CT molecular complexity index is 993. The zero-order valence-corrected chi connectivity index (χ0v) is 14.5. The summed E-state index contributed by atoms with van der Waals surface area (Å²) < 4.78 is 1.83. The lowest BCUT2D eigenvalue weighted by atomic mass is 10.0. The molecule has 0 saturated carbocycles. The number of nitrogens with zero attached hydrogens (tertiary/aromatic N) is 2. The molecule has 0 saturated heterocycles. The number of ketones is 1. The molecule has 0 N–H and O–H groups in total. The van der Waals surface area contributed by atoms with Gasteiger partial charge in [0.2, 0.25) is 5.78 Å². The van der Waals surface area contributed by atoms with Crippen molar-refractivity contribution in [3.63, 3.8) is 0 Å². The summed E-state index contributed by atoms with van der Waals surface area (Å²) in [6, 6.07) is 29.3. The van der Waals surface area contributed by atoms with E-state index in [1.54, 1.807) is 0 Å². The first kappa shape index (κ1) is 16.0. The van der Waals surface area contributed by atoms with Crippen LogP contribution in [-0.4, -0.2) is 15.6 Å². The SMILES string of the molecule is Cc1cccc(C(=O)c2cc(-c3ccccc3)n(-c3ccccc3)n2)c1. The molecule has 0 atom stereocenters. The molecule has 3 nitrogen and oxygen atoms in total. The average molecular weight is 338 g/mol. The van der Waals surface area contributed by atoms with Gasteiger partial charge in [0.1, 0.15) is 5.69 Å². The Hall–Kier alpha value is -3.46. The first-order valence-electron chi connectivity index (χ1n) is 8.55. The number of hydrogen-bond donors (Lipinski definition) is 0. The Morgan fingerprint density at radius 2 is 1.50 bits per heavy atom. The molecule has 0 aliphatic rings. The van der Waals surface area contributed by atoms with Crippen LogP contribution in [0, 0.1) is 6.92 Å². The van der Waals surface area contributed by atoms with Crippen molar-refractivity contribution in [1.29, 1.82) is 0 Å². The van der Waals surface area contributed by atoms with Crippen molar-refractivity contribution < 1.29 is 4.79 Å². The number of carbonyl (C=O) groups is 1. The third-order valence-electron chi connectivity index (χ3n) is 4.29. The summed E-state index contributed by atoms with van der Waals surface area (Å²) in [7, 11) is 0. The van der Waals surface area contributed by atoms with Gasteiger partial charge in [-0.2, -0.15) is 5.10 Å². The molecule has 3 aromatic carbocycles. The van der Waals surface area contributed by atoms with Crippen LogP contribution in [0.25, 0.3) is 16.9 Å². The molecule has 1 aromatic heterocycles. The van der Waals surface area contributed by atoms with Crippen LogP contribution >= 0.6 is 0 Å². The minimum atomic E-state index is -0.0689. The summed E-state index contributed by atoms with van der Waals surface area (Å²) in [5.74, 6) is -0.0689. The Balaban J connectivity index is 1.85. The Kier molecular flexibility index (Phi) is 4.20. The quantitative estimate of drug-likeness (QED) is 0.486. The summed E-state index contributed by atoms with van der Waals surface area (Å²) >= 11 is 0. The molecule has 0 aliphatic carbocycles. The van der Waals surface area contributed by atoms with Crippen LogP contribution in [0.3, 0.4) is 0 Å². The van der Waals surface area contributed by atoms with Crippen LogP contribution in [0.4, 0.5) is 0 Å². The lowest BCUT2D eigenvalue weighted by molar-refractivity contribution is 0.103. The van der Waals surface area contributed by atoms with E-state index < -0.39 is 0 Å². The van der Waals surface area contributed by atoms with Gasteiger partial charge in [0.15, 0.2) is 0 Å². The number of rotatable bonds is 4. The fraction of sp³-hybridized carbons (Fsp3) is 0.0435. The smallest absolute Gasteiger partial charge is 0.213 e. The molecule has 0 aliphatic heterocycles. The van der Waals surface area contributed by atoms with Gasteiger partial charge in [-0.05, 0) is 31.2 Å². The molecule has 126 valence electrons. The van der Waals surface area contributed by atoms with Gasteiger partial charge in [-0.15, -0.1) is 0 Å². The van der Waals surface area contributed by atoms with E-state index in [-0.39, 0.29) is 5.78 Å². The summed E-state index contributed by atoms with van der Waals surface area (Å²) in [5, 5.41) is 4.63. The van der Waals surface area contributed by atoms with Gasteiger partial charge >= 0.3 is 0 Å². The zero-order chi connectivity index (χ0) is 17.9. The fourth-order valence-corrected chi connectivity index (χ4v) is 3.01. The zero-order valence-electron chi connectivity index (χ0n) is 14.5. The Morgan fingerprint density at radius 3 is 2.19 bits per heavy atom. The van der Waals surface area contributed by atoms with Gasteiger partial charge in [-0.25, -0.2) is 4.68 Å². The minimum Gasteiger partial charge on any atom is -0.287 e. The molecular formula is C23H18N2O. The molecule has 1 heterocycles. The lowest BCUT2D eigenvalue weighted by Gasteiger charge is -2.07. The van der Waals surface area contributed by atoms with E-state index in [0.717, 1.165) is 22.5 Å². The van der Waals surface area contributed by atoms with Crippen LogP contribution in [0.15, 0.2) is 91.0 Å². The first-order chi connectivity index (χ1) is 12.7. The van der Waals surface area contributed by atoms with E-state index in [9.17, 15) is 4.79 Å². The number of hydrogen-bond acceptors (Lipinski definition) is 2. The molecule has 26 heavy (non-hydrogen) atoms. The van der Waals surface area contributed by atoms with E-state index >= 15 is 0 Å². The molecule has 0 spiro atoms. The van der Waals surface area contributed by atoms with E-state index in [1.165, 1.54) is 0 Å². The van der Waals surface area contributed by atoms with Crippen LogP contribution in [0.5, 0.6) is 0 Å². The van der Waals surface area contributed by atoms with Crippen molar-refractivity contribution in [2.24, 2.45) is 0 Å².